The van der Waals surface area contributed by atoms with Crippen LogP contribution in [0.3, 0.4) is 0 Å². The van der Waals surface area contributed by atoms with Gasteiger partial charge in [0.2, 0.25) is 0 Å². The molecular weight excluding hydrogens is 295 g/mol. The van der Waals surface area contributed by atoms with E-state index in [4.69, 9.17) is 0 Å². The minimum absolute atomic E-state index is 0.417. The second kappa shape index (κ2) is 2.51. The van der Waals surface area contributed by atoms with Gasteiger partial charge in [0.25, 0.3) is 0 Å². The molecule has 0 aromatic carbocycles. The topological polar surface area (TPSA) is 0 Å². The van der Waals surface area contributed by atoms with Crippen molar-refractivity contribution in [3.05, 3.63) is 9.51 Å². The lowest BCUT2D eigenvalue weighted by molar-refractivity contribution is 0.384. The molecule has 0 amide bonds. The van der Waals surface area contributed by atoms with Crippen molar-refractivity contribution in [2.75, 3.05) is 0 Å². The SMILES string of the molecule is C[Si](C)(C)C(Br)=CS(F)(F)(F)(F)F. The van der Waals surface area contributed by atoms with Crippen molar-refractivity contribution >= 4 is 34.2 Å². The van der Waals surface area contributed by atoms with Crippen molar-refractivity contribution in [1.82, 2.24) is 0 Å². The summed E-state index contributed by atoms with van der Waals surface area (Å²) in [5, 5.41) is -0.841. The van der Waals surface area contributed by atoms with E-state index in [-0.39, 0.29) is 0 Å². The highest BCUT2D eigenvalue weighted by Gasteiger charge is 2.61. The predicted molar refractivity (Wildman–Crippen MR) is 53.5 cm³/mol. The molecule has 82 valence electrons. The molecule has 0 nitrogen and oxygen atoms in total. The van der Waals surface area contributed by atoms with Gasteiger partial charge in [-0.25, -0.2) is 0 Å². The van der Waals surface area contributed by atoms with Gasteiger partial charge < -0.3 is 0 Å². The van der Waals surface area contributed by atoms with Gasteiger partial charge in [-0.2, -0.15) is 0 Å². The van der Waals surface area contributed by atoms with E-state index >= 15 is 0 Å². The van der Waals surface area contributed by atoms with Gasteiger partial charge in [0.05, 0.1) is 13.5 Å². The Morgan fingerprint density at radius 1 is 1.08 bits per heavy atom. The lowest BCUT2D eigenvalue weighted by atomic mass is 11.2. The van der Waals surface area contributed by atoms with Crippen LogP contribution < -0.4 is 0 Å². The van der Waals surface area contributed by atoms with Crippen LogP contribution in [-0.2, 0) is 0 Å². The molecule has 8 heteroatoms. The van der Waals surface area contributed by atoms with Crippen LogP contribution in [0.5, 0.6) is 0 Å². The molecule has 0 saturated heterocycles. The first-order valence-corrected chi connectivity index (χ1v) is 9.54. The third kappa shape index (κ3) is 7.50. The van der Waals surface area contributed by atoms with E-state index in [9.17, 15) is 19.4 Å². The van der Waals surface area contributed by atoms with E-state index in [0.717, 1.165) is 0 Å². The second-order valence-electron chi connectivity index (χ2n) is 3.74. The molecule has 0 bridgehead atoms. The average Bonchev–Trinajstić information content (AvgIpc) is 1.51. The quantitative estimate of drug-likeness (QED) is 0.473. The first-order chi connectivity index (χ1) is 5.10. The van der Waals surface area contributed by atoms with Gasteiger partial charge in [0.1, 0.15) is 0 Å². The summed E-state index contributed by atoms with van der Waals surface area (Å²) in [6.07, 6.45) is 0. The van der Waals surface area contributed by atoms with Gasteiger partial charge in [-0.05, 0) is 4.11 Å². The third-order valence-electron chi connectivity index (χ3n) is 1.04. The van der Waals surface area contributed by atoms with E-state index in [1.807, 2.05) is 0 Å². The Bertz CT molecular complexity index is 246. The molecule has 0 fully saturated rings. The standard InChI is InChI=1S/C5H10BrF5SSi/c1-13(2,3)5(6)4-12(7,8,9,10)11/h4H,1-3H3. The van der Waals surface area contributed by atoms with Crippen molar-refractivity contribution in [3.8, 4) is 0 Å². The Hall–Kier alpha value is 0.437. The maximum absolute atomic E-state index is 11.9. The first-order valence-electron chi connectivity index (χ1n) is 3.23. The van der Waals surface area contributed by atoms with E-state index in [2.05, 4.69) is 15.9 Å². The Kier molecular flexibility index (Phi) is 2.60. The van der Waals surface area contributed by atoms with Gasteiger partial charge >= 0.3 is 10.2 Å². The average molecular weight is 305 g/mol. The van der Waals surface area contributed by atoms with Crippen LogP contribution in [0.4, 0.5) is 19.4 Å². The van der Waals surface area contributed by atoms with Gasteiger partial charge in [0.15, 0.2) is 0 Å². The van der Waals surface area contributed by atoms with Crippen molar-refractivity contribution in [3.63, 3.8) is 0 Å². The summed E-state index contributed by atoms with van der Waals surface area (Å²) >= 11 is 2.56. The zero-order chi connectivity index (χ0) is 11.2. The number of halogens is 6. The van der Waals surface area contributed by atoms with Crippen molar-refractivity contribution < 1.29 is 19.4 Å². The molecule has 0 atom stereocenters. The van der Waals surface area contributed by atoms with Crippen LogP contribution in [0.25, 0.3) is 0 Å². The molecule has 0 aliphatic carbocycles. The summed E-state index contributed by atoms with van der Waals surface area (Å²) < 4.78 is 59.1. The molecule has 0 saturated carbocycles. The van der Waals surface area contributed by atoms with Gasteiger partial charge in [-0.3, -0.25) is 0 Å². The maximum Gasteiger partial charge on any atom is 0.304 e. The lowest BCUT2D eigenvalue weighted by Crippen LogP contribution is -2.21. The summed E-state index contributed by atoms with van der Waals surface area (Å²) in [5.74, 6) is 0. The van der Waals surface area contributed by atoms with Crippen LogP contribution in [0.15, 0.2) is 9.51 Å². The van der Waals surface area contributed by atoms with Gasteiger partial charge in [-0.15, -0.1) is 0 Å². The minimum atomic E-state index is -9.40. The Labute approximate surface area is 83.1 Å². The Morgan fingerprint density at radius 3 is 1.46 bits per heavy atom. The van der Waals surface area contributed by atoms with Gasteiger partial charge in [-0.1, -0.05) is 55.0 Å². The first kappa shape index (κ1) is 13.4. The highest BCUT2D eigenvalue weighted by Crippen LogP contribution is 2.99. The highest BCUT2D eigenvalue weighted by atomic mass is 79.9. The maximum atomic E-state index is 11.9. The Balaban J connectivity index is 5.24. The summed E-state index contributed by atoms with van der Waals surface area (Å²) in [6.45, 7) is 4.62. The van der Waals surface area contributed by atoms with Crippen molar-refractivity contribution in [2.24, 2.45) is 0 Å². The lowest BCUT2D eigenvalue weighted by Gasteiger charge is -2.38. The third-order valence-corrected chi connectivity index (χ3v) is 7.61. The van der Waals surface area contributed by atoms with E-state index in [1.54, 1.807) is 0 Å². The smallest absolute Gasteiger partial charge is 0.0942 e. The molecule has 0 radical (unpaired) electrons. The highest BCUT2D eigenvalue weighted by molar-refractivity contribution is 9.12. The molecule has 0 unspecified atom stereocenters. The summed E-state index contributed by atoms with van der Waals surface area (Å²) in [4.78, 5) is 0. The largest absolute Gasteiger partial charge is 0.304 e. The fourth-order valence-electron chi connectivity index (χ4n) is 0.372. The molecule has 0 aromatic heterocycles. The number of rotatable bonds is 2. The molecule has 0 aliphatic rings. The van der Waals surface area contributed by atoms with Crippen molar-refractivity contribution in [2.45, 2.75) is 19.6 Å². The fraction of sp³-hybridized carbons (Fsp3) is 0.600. The normalized spacial score (nSPS) is 20.8. The predicted octanol–water partition coefficient (Wildman–Crippen LogP) is 5.40. The molecule has 0 aliphatic heterocycles. The van der Waals surface area contributed by atoms with E-state index in [1.165, 1.54) is 19.6 Å². The molecule has 0 heterocycles. The molecular formula is C5H10BrF5SSi. The zero-order valence-corrected chi connectivity index (χ0v) is 10.7. The zero-order valence-electron chi connectivity index (χ0n) is 7.25. The van der Waals surface area contributed by atoms with Crippen LogP contribution in [-0.4, -0.2) is 8.07 Å². The Morgan fingerprint density at radius 2 is 1.38 bits per heavy atom. The molecule has 0 spiro atoms. The fourth-order valence-corrected chi connectivity index (χ4v) is 3.91. The number of hydrogen-bond acceptors (Lipinski definition) is 0. The molecule has 0 aromatic rings. The monoisotopic (exact) mass is 304 g/mol. The molecule has 13 heavy (non-hydrogen) atoms. The van der Waals surface area contributed by atoms with Crippen LogP contribution >= 0.6 is 26.2 Å². The van der Waals surface area contributed by atoms with Gasteiger partial charge in [0, 0.05) is 0 Å². The van der Waals surface area contributed by atoms with E-state index in [0.29, 0.717) is 0 Å². The molecule has 0 rings (SSSR count). The van der Waals surface area contributed by atoms with Crippen LogP contribution in [0.2, 0.25) is 19.6 Å². The summed E-state index contributed by atoms with van der Waals surface area (Å²) in [7, 11) is -11.8. The minimum Gasteiger partial charge on any atom is -0.0942 e. The van der Waals surface area contributed by atoms with E-state index < -0.39 is 27.8 Å². The molecule has 0 N–H and O–H groups in total. The summed E-state index contributed by atoms with van der Waals surface area (Å²) in [6, 6.07) is 0. The van der Waals surface area contributed by atoms with Crippen LogP contribution in [0, 0.1) is 0 Å². The van der Waals surface area contributed by atoms with Crippen LogP contribution in [0.1, 0.15) is 0 Å². The second-order valence-corrected chi connectivity index (χ2v) is 12.7. The van der Waals surface area contributed by atoms with Crippen molar-refractivity contribution in [1.29, 1.82) is 0 Å². The summed E-state index contributed by atoms with van der Waals surface area (Å²) in [5.41, 5.74) is 0. The number of hydrogen-bond donors (Lipinski definition) is 0.